The van der Waals surface area contributed by atoms with Crippen LogP contribution in [0.5, 0.6) is 11.5 Å². The number of nitrogens with zero attached hydrogens (tertiary/aromatic N) is 2. The molecular weight excluding hydrogens is 399 g/mol. The standard InChI is InChI=1S/C24H27FN2O4/c1-30-21-13-17-10-12-26(15-18(17)14-22(21)31-2)20-5-3-4-11-27(24(20)29)23(28)16-6-8-19(25)9-7-16/h6-9,13-14,20H,3-5,10-12,15H2,1-2H3/t20-/m1/s1. The van der Waals surface area contributed by atoms with Crippen molar-refractivity contribution in [3.63, 3.8) is 0 Å². The first-order chi connectivity index (χ1) is 15.0. The second kappa shape index (κ2) is 9.06. The molecule has 2 aliphatic heterocycles. The van der Waals surface area contributed by atoms with Crippen LogP contribution in [0.3, 0.4) is 0 Å². The highest BCUT2D eigenvalue weighted by Gasteiger charge is 2.36. The van der Waals surface area contributed by atoms with Gasteiger partial charge in [-0.05, 0) is 73.2 Å². The van der Waals surface area contributed by atoms with E-state index in [0.29, 0.717) is 36.6 Å². The lowest BCUT2D eigenvalue weighted by atomic mass is 9.96. The fourth-order valence-corrected chi connectivity index (χ4v) is 4.48. The number of likely N-dealkylation sites (tertiary alicyclic amines) is 1. The lowest BCUT2D eigenvalue weighted by Gasteiger charge is -2.36. The van der Waals surface area contributed by atoms with Crippen LogP contribution in [0.2, 0.25) is 0 Å². The molecule has 31 heavy (non-hydrogen) atoms. The number of carbonyl (C=O) groups excluding carboxylic acids is 2. The van der Waals surface area contributed by atoms with Crippen LogP contribution in [-0.2, 0) is 17.8 Å². The lowest BCUT2D eigenvalue weighted by molar-refractivity contribution is -0.134. The first kappa shape index (κ1) is 21.3. The Hall–Kier alpha value is -2.93. The second-order valence-electron chi connectivity index (χ2n) is 8.01. The Morgan fingerprint density at radius 1 is 1.00 bits per heavy atom. The Bertz CT molecular complexity index is 976. The molecule has 2 amide bonds. The molecule has 7 heteroatoms. The summed E-state index contributed by atoms with van der Waals surface area (Å²) in [5.74, 6) is 0.437. The molecule has 2 aromatic carbocycles. The van der Waals surface area contributed by atoms with Gasteiger partial charge in [-0.15, -0.1) is 0 Å². The molecule has 0 unspecified atom stereocenters. The number of methoxy groups -OCH3 is 2. The van der Waals surface area contributed by atoms with Crippen molar-refractivity contribution in [2.24, 2.45) is 0 Å². The van der Waals surface area contributed by atoms with Gasteiger partial charge in [-0.25, -0.2) is 4.39 Å². The van der Waals surface area contributed by atoms with E-state index in [0.717, 1.165) is 31.4 Å². The average molecular weight is 426 g/mol. The topological polar surface area (TPSA) is 59.1 Å². The molecule has 0 saturated carbocycles. The first-order valence-electron chi connectivity index (χ1n) is 10.6. The van der Waals surface area contributed by atoms with Crippen molar-refractivity contribution in [1.82, 2.24) is 9.80 Å². The molecule has 0 bridgehead atoms. The number of imide groups is 1. The van der Waals surface area contributed by atoms with E-state index in [4.69, 9.17) is 9.47 Å². The van der Waals surface area contributed by atoms with Crippen LogP contribution in [0.1, 0.15) is 40.7 Å². The predicted octanol–water partition coefficient (Wildman–Crippen LogP) is 3.42. The van der Waals surface area contributed by atoms with E-state index in [1.54, 1.807) is 14.2 Å². The smallest absolute Gasteiger partial charge is 0.260 e. The summed E-state index contributed by atoms with van der Waals surface area (Å²) in [6.07, 6.45) is 3.16. The molecule has 1 fully saturated rings. The van der Waals surface area contributed by atoms with Crippen molar-refractivity contribution in [1.29, 1.82) is 0 Å². The van der Waals surface area contributed by atoms with E-state index in [1.165, 1.54) is 34.7 Å². The van der Waals surface area contributed by atoms with Crippen LogP contribution in [0.15, 0.2) is 36.4 Å². The van der Waals surface area contributed by atoms with Crippen molar-refractivity contribution in [3.8, 4) is 11.5 Å². The molecule has 2 aromatic rings. The molecule has 164 valence electrons. The van der Waals surface area contributed by atoms with Crippen LogP contribution >= 0.6 is 0 Å². The normalized spacial score (nSPS) is 19.5. The minimum absolute atomic E-state index is 0.171. The zero-order chi connectivity index (χ0) is 22.0. The Balaban J connectivity index is 1.56. The Morgan fingerprint density at radius 2 is 1.68 bits per heavy atom. The number of ether oxygens (including phenoxy) is 2. The summed E-state index contributed by atoms with van der Waals surface area (Å²) in [4.78, 5) is 29.9. The third-order valence-electron chi connectivity index (χ3n) is 6.19. The molecule has 1 saturated heterocycles. The summed E-state index contributed by atoms with van der Waals surface area (Å²) in [6, 6.07) is 8.98. The molecule has 0 aliphatic carbocycles. The summed E-state index contributed by atoms with van der Waals surface area (Å²) in [5.41, 5.74) is 2.63. The van der Waals surface area contributed by atoms with E-state index >= 15 is 0 Å². The van der Waals surface area contributed by atoms with Gasteiger partial charge < -0.3 is 9.47 Å². The maximum Gasteiger partial charge on any atom is 0.260 e. The SMILES string of the molecule is COc1cc2c(cc1OC)CN([C@@H]1CCCCN(C(=O)c3ccc(F)cc3)C1=O)CC2. The van der Waals surface area contributed by atoms with E-state index in [2.05, 4.69) is 4.90 Å². The largest absolute Gasteiger partial charge is 0.493 e. The summed E-state index contributed by atoms with van der Waals surface area (Å²) in [7, 11) is 3.23. The number of hydrogen-bond donors (Lipinski definition) is 0. The van der Waals surface area contributed by atoms with Crippen LogP contribution in [0.25, 0.3) is 0 Å². The van der Waals surface area contributed by atoms with Gasteiger partial charge in [0.15, 0.2) is 11.5 Å². The van der Waals surface area contributed by atoms with Gasteiger partial charge in [-0.2, -0.15) is 0 Å². The Labute approximate surface area is 181 Å². The summed E-state index contributed by atoms with van der Waals surface area (Å²) >= 11 is 0. The van der Waals surface area contributed by atoms with Crippen molar-refractivity contribution in [2.45, 2.75) is 38.3 Å². The molecule has 0 spiro atoms. The number of carbonyl (C=O) groups is 2. The number of amides is 2. The van der Waals surface area contributed by atoms with Gasteiger partial charge in [0.1, 0.15) is 5.82 Å². The first-order valence-corrected chi connectivity index (χ1v) is 10.6. The molecule has 6 nitrogen and oxygen atoms in total. The summed E-state index contributed by atoms with van der Waals surface area (Å²) in [6.45, 7) is 1.74. The van der Waals surface area contributed by atoms with Gasteiger partial charge in [-0.3, -0.25) is 19.4 Å². The van der Waals surface area contributed by atoms with Gasteiger partial charge in [-0.1, -0.05) is 0 Å². The van der Waals surface area contributed by atoms with Crippen molar-refractivity contribution in [2.75, 3.05) is 27.3 Å². The van der Waals surface area contributed by atoms with E-state index in [9.17, 15) is 14.0 Å². The van der Waals surface area contributed by atoms with Crippen LogP contribution < -0.4 is 9.47 Å². The molecular formula is C24H27FN2O4. The minimum atomic E-state index is -0.407. The van der Waals surface area contributed by atoms with Crippen LogP contribution in [-0.4, -0.2) is 55.0 Å². The zero-order valence-electron chi connectivity index (χ0n) is 17.9. The number of rotatable bonds is 4. The molecule has 4 rings (SSSR count). The zero-order valence-corrected chi connectivity index (χ0v) is 17.9. The molecule has 1 atom stereocenters. The van der Waals surface area contributed by atoms with Gasteiger partial charge in [0, 0.05) is 25.2 Å². The molecule has 0 aromatic heterocycles. The van der Waals surface area contributed by atoms with E-state index < -0.39 is 5.82 Å². The number of benzene rings is 2. The highest BCUT2D eigenvalue weighted by molar-refractivity contribution is 6.06. The predicted molar refractivity (Wildman–Crippen MR) is 114 cm³/mol. The Morgan fingerprint density at radius 3 is 2.35 bits per heavy atom. The van der Waals surface area contributed by atoms with Gasteiger partial charge >= 0.3 is 0 Å². The van der Waals surface area contributed by atoms with E-state index in [1.807, 2.05) is 12.1 Å². The second-order valence-corrected chi connectivity index (χ2v) is 8.01. The quantitative estimate of drug-likeness (QED) is 0.702. The molecule has 0 radical (unpaired) electrons. The van der Waals surface area contributed by atoms with Gasteiger partial charge in [0.05, 0.1) is 20.3 Å². The van der Waals surface area contributed by atoms with Crippen molar-refractivity contribution >= 4 is 11.8 Å². The average Bonchev–Trinajstić information content (AvgIpc) is 2.99. The molecule has 2 heterocycles. The summed E-state index contributed by atoms with van der Waals surface area (Å²) < 4.78 is 24.1. The van der Waals surface area contributed by atoms with Gasteiger partial charge in [0.25, 0.3) is 5.91 Å². The molecule has 2 aliphatic rings. The fraction of sp³-hybridized carbons (Fsp3) is 0.417. The Kier molecular flexibility index (Phi) is 6.23. The van der Waals surface area contributed by atoms with Crippen LogP contribution in [0, 0.1) is 5.82 Å². The minimum Gasteiger partial charge on any atom is -0.493 e. The third kappa shape index (κ3) is 4.28. The third-order valence-corrected chi connectivity index (χ3v) is 6.19. The van der Waals surface area contributed by atoms with Crippen molar-refractivity contribution < 1.29 is 23.5 Å². The maximum absolute atomic E-state index is 13.4. The number of halogens is 1. The number of fused-ring (bicyclic) bond motifs is 1. The highest BCUT2D eigenvalue weighted by Crippen LogP contribution is 2.34. The van der Waals surface area contributed by atoms with Gasteiger partial charge in [0.2, 0.25) is 5.91 Å². The summed E-state index contributed by atoms with van der Waals surface area (Å²) in [5, 5.41) is 0. The maximum atomic E-state index is 13.4. The van der Waals surface area contributed by atoms with Crippen molar-refractivity contribution in [3.05, 3.63) is 58.9 Å². The number of hydrogen-bond acceptors (Lipinski definition) is 5. The lowest BCUT2D eigenvalue weighted by Crippen LogP contribution is -2.50. The van der Waals surface area contributed by atoms with Crippen LogP contribution in [0.4, 0.5) is 4.39 Å². The molecule has 0 N–H and O–H groups in total. The highest BCUT2D eigenvalue weighted by atomic mass is 19.1. The fourth-order valence-electron chi connectivity index (χ4n) is 4.48. The monoisotopic (exact) mass is 426 g/mol. The van der Waals surface area contributed by atoms with E-state index in [-0.39, 0.29) is 17.9 Å².